The van der Waals surface area contributed by atoms with Crippen LogP contribution in [0.15, 0.2) is 60.9 Å². The minimum atomic E-state index is -0.201. The third-order valence-electron chi connectivity index (χ3n) is 4.74. The summed E-state index contributed by atoms with van der Waals surface area (Å²) in [5.74, 6) is 1.64. The van der Waals surface area contributed by atoms with Crippen LogP contribution in [0.3, 0.4) is 0 Å². The van der Waals surface area contributed by atoms with Gasteiger partial charge >= 0.3 is 0 Å². The number of hydrogen-bond donors (Lipinski definition) is 1. The molecule has 1 aliphatic heterocycles. The molecule has 1 aromatic heterocycles. The summed E-state index contributed by atoms with van der Waals surface area (Å²) >= 11 is 5.87. The van der Waals surface area contributed by atoms with Crippen LogP contribution in [0.4, 0.5) is 11.5 Å². The predicted molar refractivity (Wildman–Crippen MR) is 114 cm³/mol. The van der Waals surface area contributed by atoms with Gasteiger partial charge in [-0.15, -0.1) is 0 Å². The molecule has 2 heterocycles. The largest absolute Gasteiger partial charge is 0.436 e. The van der Waals surface area contributed by atoms with E-state index in [1.165, 1.54) is 6.42 Å². The number of hydrogen-bond acceptors (Lipinski definition) is 5. The summed E-state index contributed by atoms with van der Waals surface area (Å²) in [7, 11) is 0. The zero-order chi connectivity index (χ0) is 20.1. The number of rotatable bonds is 5. The summed E-state index contributed by atoms with van der Waals surface area (Å²) in [6.07, 6.45) is 6.84. The number of amides is 1. The molecule has 148 valence electrons. The summed E-state index contributed by atoms with van der Waals surface area (Å²) in [4.78, 5) is 23.4. The number of carbonyl (C=O) groups excluding carboxylic acids is 1. The zero-order valence-corrected chi connectivity index (χ0v) is 16.6. The Bertz CT molecular complexity index is 971. The number of piperidine rings is 1. The van der Waals surface area contributed by atoms with Crippen LogP contribution in [0, 0.1) is 0 Å². The van der Waals surface area contributed by atoms with E-state index in [4.69, 9.17) is 16.3 Å². The van der Waals surface area contributed by atoms with Crippen molar-refractivity contribution in [2.75, 3.05) is 23.3 Å². The molecule has 0 bridgehead atoms. The van der Waals surface area contributed by atoms with E-state index in [1.807, 2.05) is 0 Å². The molecule has 3 aromatic rings. The van der Waals surface area contributed by atoms with Crippen LogP contribution < -0.4 is 15.0 Å². The lowest BCUT2D eigenvalue weighted by atomic mass is 10.1. The van der Waals surface area contributed by atoms with Crippen molar-refractivity contribution in [1.82, 2.24) is 9.97 Å². The van der Waals surface area contributed by atoms with Gasteiger partial charge in [-0.3, -0.25) is 4.79 Å². The molecule has 0 spiro atoms. The van der Waals surface area contributed by atoms with Crippen molar-refractivity contribution in [3.63, 3.8) is 0 Å². The van der Waals surface area contributed by atoms with Gasteiger partial charge in [0.25, 0.3) is 11.8 Å². The fourth-order valence-corrected chi connectivity index (χ4v) is 3.36. The van der Waals surface area contributed by atoms with Crippen molar-refractivity contribution in [2.24, 2.45) is 0 Å². The molecule has 7 heteroatoms. The third kappa shape index (κ3) is 4.84. The SMILES string of the molecule is O=C(Nc1ccc(Cl)cc1)c1ccc(Oc2nccnc2N2CCCCC2)cc1. The van der Waals surface area contributed by atoms with E-state index in [-0.39, 0.29) is 5.91 Å². The van der Waals surface area contributed by atoms with E-state index in [0.717, 1.165) is 31.7 Å². The number of carbonyl (C=O) groups is 1. The van der Waals surface area contributed by atoms with Gasteiger partial charge in [0.15, 0.2) is 5.82 Å². The molecule has 0 radical (unpaired) electrons. The molecule has 1 saturated heterocycles. The minimum Gasteiger partial charge on any atom is -0.436 e. The number of benzene rings is 2. The molecule has 0 atom stereocenters. The second kappa shape index (κ2) is 8.92. The van der Waals surface area contributed by atoms with Crippen molar-refractivity contribution in [1.29, 1.82) is 0 Å². The number of aromatic nitrogens is 2. The van der Waals surface area contributed by atoms with Gasteiger partial charge in [0.2, 0.25) is 0 Å². The number of ether oxygens (including phenoxy) is 1. The van der Waals surface area contributed by atoms with Crippen LogP contribution in [0.5, 0.6) is 11.6 Å². The number of nitrogens with one attached hydrogen (secondary N) is 1. The lowest BCUT2D eigenvalue weighted by Crippen LogP contribution is -2.30. The van der Waals surface area contributed by atoms with E-state index < -0.39 is 0 Å². The highest BCUT2D eigenvalue weighted by molar-refractivity contribution is 6.30. The van der Waals surface area contributed by atoms with Crippen molar-refractivity contribution in [3.8, 4) is 11.6 Å². The van der Waals surface area contributed by atoms with E-state index in [9.17, 15) is 4.79 Å². The molecular formula is C22H21ClN4O2. The Morgan fingerprint density at radius 3 is 2.34 bits per heavy atom. The number of halogens is 1. The standard InChI is InChI=1S/C22H21ClN4O2/c23-17-6-8-18(9-7-17)26-21(28)16-4-10-19(11-5-16)29-22-20(24-12-13-25-22)27-14-2-1-3-15-27/h4-13H,1-3,14-15H2,(H,26,28). The first-order chi connectivity index (χ1) is 14.2. The molecule has 1 N–H and O–H groups in total. The molecule has 0 unspecified atom stereocenters. The lowest BCUT2D eigenvalue weighted by molar-refractivity contribution is 0.102. The highest BCUT2D eigenvalue weighted by atomic mass is 35.5. The normalized spacial score (nSPS) is 13.8. The Balaban J connectivity index is 1.45. The molecule has 0 aliphatic carbocycles. The number of anilines is 2. The molecule has 0 saturated carbocycles. The maximum atomic E-state index is 12.4. The maximum absolute atomic E-state index is 12.4. The minimum absolute atomic E-state index is 0.201. The van der Waals surface area contributed by atoms with Crippen molar-refractivity contribution < 1.29 is 9.53 Å². The average Bonchev–Trinajstić information content (AvgIpc) is 2.77. The first-order valence-electron chi connectivity index (χ1n) is 9.60. The summed E-state index contributed by atoms with van der Waals surface area (Å²) < 4.78 is 5.97. The molecule has 2 aromatic carbocycles. The monoisotopic (exact) mass is 408 g/mol. The van der Waals surface area contributed by atoms with Crippen LogP contribution in [-0.4, -0.2) is 29.0 Å². The highest BCUT2D eigenvalue weighted by Crippen LogP contribution is 2.30. The van der Waals surface area contributed by atoms with Crippen molar-refractivity contribution in [3.05, 3.63) is 71.5 Å². The Hall–Kier alpha value is -3.12. The number of nitrogens with zero attached hydrogens (tertiary/aromatic N) is 3. The van der Waals surface area contributed by atoms with E-state index in [2.05, 4.69) is 20.2 Å². The van der Waals surface area contributed by atoms with Gasteiger partial charge in [0.05, 0.1) is 0 Å². The molecule has 4 rings (SSSR count). The van der Waals surface area contributed by atoms with Crippen LogP contribution >= 0.6 is 11.6 Å². The molecule has 1 aliphatic rings. The smallest absolute Gasteiger partial charge is 0.263 e. The Morgan fingerprint density at radius 2 is 1.62 bits per heavy atom. The van der Waals surface area contributed by atoms with Gasteiger partial charge in [-0.2, -0.15) is 0 Å². The predicted octanol–water partition coefficient (Wildman–Crippen LogP) is 5.16. The first-order valence-corrected chi connectivity index (χ1v) is 9.98. The molecular weight excluding hydrogens is 388 g/mol. The van der Waals surface area contributed by atoms with Gasteiger partial charge in [0, 0.05) is 41.8 Å². The highest BCUT2D eigenvalue weighted by Gasteiger charge is 2.18. The fraction of sp³-hybridized carbons (Fsp3) is 0.227. The van der Waals surface area contributed by atoms with Gasteiger partial charge in [-0.1, -0.05) is 11.6 Å². The summed E-state index contributed by atoms with van der Waals surface area (Å²) in [5.41, 5.74) is 1.22. The first kappa shape index (κ1) is 19.2. The summed E-state index contributed by atoms with van der Waals surface area (Å²) in [5, 5.41) is 3.46. The summed E-state index contributed by atoms with van der Waals surface area (Å²) in [6.45, 7) is 1.91. The third-order valence-corrected chi connectivity index (χ3v) is 4.99. The molecule has 6 nitrogen and oxygen atoms in total. The molecule has 1 fully saturated rings. The average molecular weight is 409 g/mol. The summed E-state index contributed by atoms with van der Waals surface area (Å²) in [6, 6.07) is 13.9. The van der Waals surface area contributed by atoms with Crippen LogP contribution in [0.2, 0.25) is 5.02 Å². The van der Waals surface area contributed by atoms with Crippen LogP contribution in [0.1, 0.15) is 29.6 Å². The van der Waals surface area contributed by atoms with Gasteiger partial charge in [-0.25, -0.2) is 9.97 Å². The Morgan fingerprint density at radius 1 is 0.931 bits per heavy atom. The van der Waals surface area contributed by atoms with Gasteiger partial charge < -0.3 is 15.0 Å². The van der Waals surface area contributed by atoms with E-state index in [0.29, 0.717) is 27.9 Å². The van der Waals surface area contributed by atoms with E-state index >= 15 is 0 Å². The lowest BCUT2D eigenvalue weighted by Gasteiger charge is -2.28. The maximum Gasteiger partial charge on any atom is 0.263 e. The van der Waals surface area contributed by atoms with Crippen molar-refractivity contribution in [2.45, 2.75) is 19.3 Å². The second-order valence-electron chi connectivity index (χ2n) is 6.82. The van der Waals surface area contributed by atoms with Crippen LogP contribution in [0.25, 0.3) is 0 Å². The van der Waals surface area contributed by atoms with Gasteiger partial charge in [-0.05, 0) is 67.8 Å². The second-order valence-corrected chi connectivity index (χ2v) is 7.26. The fourth-order valence-electron chi connectivity index (χ4n) is 3.24. The molecule has 29 heavy (non-hydrogen) atoms. The van der Waals surface area contributed by atoms with Crippen molar-refractivity contribution >= 4 is 29.0 Å². The Labute approximate surface area is 174 Å². The Kier molecular flexibility index (Phi) is 5.91. The quantitative estimate of drug-likeness (QED) is 0.631. The van der Waals surface area contributed by atoms with Crippen LogP contribution in [-0.2, 0) is 0 Å². The van der Waals surface area contributed by atoms with E-state index in [1.54, 1.807) is 60.9 Å². The molecule has 1 amide bonds. The van der Waals surface area contributed by atoms with Gasteiger partial charge in [0.1, 0.15) is 5.75 Å². The zero-order valence-electron chi connectivity index (χ0n) is 15.8. The topological polar surface area (TPSA) is 67.3 Å².